The van der Waals surface area contributed by atoms with Gasteiger partial charge in [0.15, 0.2) is 5.69 Å². The Morgan fingerprint density at radius 1 is 1.39 bits per heavy atom. The van der Waals surface area contributed by atoms with E-state index in [2.05, 4.69) is 10.4 Å². The van der Waals surface area contributed by atoms with Gasteiger partial charge >= 0.3 is 6.18 Å². The first-order valence-corrected chi connectivity index (χ1v) is 6.29. The second-order valence-corrected chi connectivity index (χ2v) is 4.74. The molecule has 0 fully saturated rings. The molecule has 1 amide bonds. The van der Waals surface area contributed by atoms with Gasteiger partial charge in [0.1, 0.15) is 0 Å². The SMILES string of the molecule is CC(=O)Nc1cc([N+](=O)[O-])ccc1-n1cc(C)c(C(F)(F)F)n1. The normalized spacial score (nSPS) is 11.3. The molecule has 10 heteroatoms. The van der Waals surface area contributed by atoms with Gasteiger partial charge in [-0.3, -0.25) is 14.9 Å². The lowest BCUT2D eigenvalue weighted by Crippen LogP contribution is -2.11. The number of carbonyl (C=O) groups is 1. The first kappa shape index (κ1) is 16.5. The van der Waals surface area contributed by atoms with Crippen LogP contribution in [0.25, 0.3) is 5.69 Å². The van der Waals surface area contributed by atoms with E-state index < -0.39 is 22.7 Å². The van der Waals surface area contributed by atoms with Crippen LogP contribution in [0.2, 0.25) is 0 Å². The van der Waals surface area contributed by atoms with Crippen LogP contribution in [0.5, 0.6) is 0 Å². The Morgan fingerprint density at radius 2 is 2.04 bits per heavy atom. The summed E-state index contributed by atoms with van der Waals surface area (Å²) in [6.07, 6.45) is -3.49. The molecule has 1 aromatic heterocycles. The molecule has 122 valence electrons. The van der Waals surface area contributed by atoms with E-state index in [1.54, 1.807) is 0 Å². The maximum atomic E-state index is 12.8. The molecule has 1 heterocycles. The summed E-state index contributed by atoms with van der Waals surface area (Å²) in [5, 5.41) is 16.6. The number of halogens is 3. The first-order chi connectivity index (χ1) is 10.6. The van der Waals surface area contributed by atoms with E-state index >= 15 is 0 Å². The number of anilines is 1. The van der Waals surface area contributed by atoms with Crippen molar-refractivity contribution in [2.75, 3.05) is 5.32 Å². The highest BCUT2D eigenvalue weighted by atomic mass is 19.4. The predicted molar refractivity (Wildman–Crippen MR) is 74.3 cm³/mol. The third-order valence-corrected chi connectivity index (χ3v) is 2.91. The second kappa shape index (κ2) is 5.71. The van der Waals surface area contributed by atoms with Crippen LogP contribution < -0.4 is 5.32 Å². The van der Waals surface area contributed by atoms with Crippen molar-refractivity contribution in [3.05, 3.63) is 45.8 Å². The molecule has 0 atom stereocenters. The quantitative estimate of drug-likeness (QED) is 0.692. The fourth-order valence-corrected chi connectivity index (χ4v) is 1.99. The van der Waals surface area contributed by atoms with Gasteiger partial charge < -0.3 is 5.32 Å². The number of non-ortho nitro benzene ring substituents is 1. The van der Waals surface area contributed by atoms with Gasteiger partial charge in [-0.25, -0.2) is 4.68 Å². The monoisotopic (exact) mass is 328 g/mol. The predicted octanol–water partition coefficient (Wildman–Crippen LogP) is 3.07. The highest BCUT2D eigenvalue weighted by molar-refractivity contribution is 5.91. The summed E-state index contributed by atoms with van der Waals surface area (Å²) in [6, 6.07) is 3.39. The van der Waals surface area contributed by atoms with Gasteiger partial charge in [0.25, 0.3) is 5.69 Å². The molecule has 7 nitrogen and oxygen atoms in total. The molecule has 0 unspecified atom stereocenters. The summed E-state index contributed by atoms with van der Waals surface area (Å²) in [5.74, 6) is -0.522. The Kier molecular flexibility index (Phi) is 4.08. The molecule has 0 aliphatic rings. The molecule has 23 heavy (non-hydrogen) atoms. The minimum Gasteiger partial charge on any atom is -0.324 e. The Hall–Kier alpha value is -2.91. The smallest absolute Gasteiger partial charge is 0.324 e. The number of benzene rings is 1. The van der Waals surface area contributed by atoms with Crippen molar-refractivity contribution in [1.29, 1.82) is 0 Å². The standard InChI is InChI=1S/C13H11F3N4O3/c1-7-6-19(18-12(7)13(14,15)16)11-4-3-9(20(22)23)5-10(11)17-8(2)21/h3-6H,1-2H3,(H,17,21). The zero-order valence-corrected chi connectivity index (χ0v) is 12.0. The maximum absolute atomic E-state index is 12.8. The van der Waals surface area contributed by atoms with Crippen molar-refractivity contribution in [2.45, 2.75) is 20.0 Å². The number of aryl methyl sites for hydroxylation is 1. The van der Waals surface area contributed by atoms with Gasteiger partial charge in [-0.2, -0.15) is 18.3 Å². The topological polar surface area (TPSA) is 90.1 Å². The maximum Gasteiger partial charge on any atom is 0.435 e. The molecule has 0 saturated heterocycles. The summed E-state index contributed by atoms with van der Waals surface area (Å²) in [5.41, 5.74) is -1.40. The molecule has 1 N–H and O–H groups in total. The van der Waals surface area contributed by atoms with Crippen molar-refractivity contribution in [3.8, 4) is 5.69 Å². The highest BCUT2D eigenvalue weighted by Crippen LogP contribution is 2.32. The van der Waals surface area contributed by atoms with Crippen LogP contribution in [-0.2, 0) is 11.0 Å². The minimum atomic E-state index is -4.62. The number of nitrogens with zero attached hydrogens (tertiary/aromatic N) is 3. The number of nitro groups is 1. The average Bonchev–Trinajstić information content (AvgIpc) is 2.79. The van der Waals surface area contributed by atoms with E-state index in [1.165, 1.54) is 19.9 Å². The third-order valence-electron chi connectivity index (χ3n) is 2.91. The third kappa shape index (κ3) is 3.47. The zero-order chi connectivity index (χ0) is 17.4. The number of rotatable bonds is 3. The molecule has 1 aromatic carbocycles. The van der Waals surface area contributed by atoms with Gasteiger partial charge in [-0.1, -0.05) is 0 Å². The largest absolute Gasteiger partial charge is 0.435 e. The number of carbonyl (C=O) groups excluding carboxylic acids is 1. The number of aromatic nitrogens is 2. The van der Waals surface area contributed by atoms with Gasteiger partial charge in [-0.15, -0.1) is 0 Å². The van der Waals surface area contributed by atoms with Gasteiger partial charge in [0, 0.05) is 25.3 Å². The molecule has 2 aromatic rings. The van der Waals surface area contributed by atoms with Crippen LogP contribution in [0.3, 0.4) is 0 Å². The second-order valence-electron chi connectivity index (χ2n) is 4.74. The number of amides is 1. The molecule has 0 saturated carbocycles. The summed E-state index contributed by atoms with van der Waals surface area (Å²) in [4.78, 5) is 21.3. The van der Waals surface area contributed by atoms with Gasteiger partial charge in [0.05, 0.1) is 16.3 Å². The fraction of sp³-hybridized carbons (Fsp3) is 0.231. The van der Waals surface area contributed by atoms with E-state index in [-0.39, 0.29) is 22.6 Å². The van der Waals surface area contributed by atoms with E-state index in [4.69, 9.17) is 0 Å². The summed E-state index contributed by atoms with van der Waals surface area (Å²) in [6.45, 7) is 2.42. The van der Waals surface area contributed by atoms with Crippen molar-refractivity contribution in [2.24, 2.45) is 0 Å². The van der Waals surface area contributed by atoms with Crippen LogP contribution in [-0.4, -0.2) is 20.6 Å². The van der Waals surface area contributed by atoms with Crippen LogP contribution in [0.1, 0.15) is 18.2 Å². The van der Waals surface area contributed by atoms with Crippen molar-refractivity contribution in [3.63, 3.8) is 0 Å². The average molecular weight is 328 g/mol. The van der Waals surface area contributed by atoms with E-state index in [1.807, 2.05) is 0 Å². The lowest BCUT2D eigenvalue weighted by Gasteiger charge is -2.10. The fourth-order valence-electron chi connectivity index (χ4n) is 1.99. The van der Waals surface area contributed by atoms with Crippen molar-refractivity contribution >= 4 is 17.3 Å². The summed E-state index contributed by atoms with van der Waals surface area (Å²) in [7, 11) is 0. The van der Waals surface area contributed by atoms with Gasteiger partial charge in [-0.05, 0) is 18.6 Å². The Labute approximate surface area is 127 Å². The van der Waals surface area contributed by atoms with Crippen molar-refractivity contribution < 1.29 is 22.9 Å². The highest BCUT2D eigenvalue weighted by Gasteiger charge is 2.36. The van der Waals surface area contributed by atoms with Crippen LogP contribution in [0, 0.1) is 17.0 Å². The zero-order valence-electron chi connectivity index (χ0n) is 12.0. The van der Waals surface area contributed by atoms with E-state index in [0.29, 0.717) is 0 Å². The summed E-state index contributed by atoms with van der Waals surface area (Å²) >= 11 is 0. The number of nitrogens with one attached hydrogen (secondary N) is 1. The molecule has 0 aliphatic heterocycles. The molecule has 0 bridgehead atoms. The Morgan fingerprint density at radius 3 is 2.52 bits per heavy atom. The Bertz CT molecular complexity index is 783. The molecule has 0 radical (unpaired) electrons. The molecule has 0 spiro atoms. The Balaban J connectivity index is 2.58. The van der Waals surface area contributed by atoms with E-state index in [9.17, 15) is 28.1 Å². The van der Waals surface area contributed by atoms with E-state index in [0.717, 1.165) is 23.0 Å². The number of alkyl halides is 3. The number of hydrogen-bond donors (Lipinski definition) is 1. The van der Waals surface area contributed by atoms with Crippen molar-refractivity contribution in [1.82, 2.24) is 9.78 Å². The first-order valence-electron chi connectivity index (χ1n) is 6.29. The lowest BCUT2D eigenvalue weighted by molar-refractivity contribution is -0.384. The molecular weight excluding hydrogens is 317 g/mol. The molecular formula is C13H11F3N4O3. The van der Waals surface area contributed by atoms with Gasteiger partial charge in [0.2, 0.25) is 5.91 Å². The van der Waals surface area contributed by atoms with Crippen LogP contribution in [0.4, 0.5) is 24.5 Å². The molecule has 0 aliphatic carbocycles. The van der Waals surface area contributed by atoms with Crippen LogP contribution >= 0.6 is 0 Å². The molecule has 2 rings (SSSR count). The number of nitro benzene ring substituents is 1. The summed E-state index contributed by atoms with van der Waals surface area (Å²) < 4.78 is 39.4. The lowest BCUT2D eigenvalue weighted by atomic mass is 10.2. The van der Waals surface area contributed by atoms with Crippen LogP contribution in [0.15, 0.2) is 24.4 Å². The number of hydrogen-bond acceptors (Lipinski definition) is 4. The minimum absolute atomic E-state index is 0.0112.